The van der Waals surface area contributed by atoms with Gasteiger partial charge in [-0.05, 0) is 57.2 Å². The topological polar surface area (TPSA) is 51.0 Å². The van der Waals surface area contributed by atoms with Crippen molar-refractivity contribution in [3.05, 3.63) is 47.3 Å². The third-order valence-electron chi connectivity index (χ3n) is 5.80. The molecule has 0 aliphatic carbocycles. The van der Waals surface area contributed by atoms with Crippen LogP contribution in [0.3, 0.4) is 0 Å². The molecule has 1 amide bonds. The normalized spacial score (nSPS) is 17.5. The van der Waals surface area contributed by atoms with Crippen LogP contribution >= 0.6 is 0 Å². The van der Waals surface area contributed by atoms with Crippen LogP contribution in [0.1, 0.15) is 47.7 Å². The third-order valence-corrected chi connectivity index (χ3v) is 5.80. The summed E-state index contributed by atoms with van der Waals surface area (Å²) >= 11 is 0. The molecule has 0 N–H and O–H groups in total. The zero-order valence-corrected chi connectivity index (χ0v) is 16.5. The van der Waals surface area contributed by atoms with E-state index in [1.54, 1.807) is 10.9 Å². The average Bonchev–Trinajstić information content (AvgIpc) is 3.10. The smallest absolute Gasteiger partial charge is 0.254 e. The quantitative estimate of drug-likeness (QED) is 0.684. The molecule has 27 heavy (non-hydrogen) atoms. The lowest BCUT2D eigenvalue weighted by Crippen LogP contribution is -2.42. The molecule has 140 valence electrons. The number of benzene rings is 1. The largest absolute Gasteiger partial charge is 0.336 e. The molecule has 5 nitrogen and oxygen atoms in total. The maximum atomic E-state index is 13.5. The van der Waals surface area contributed by atoms with Crippen molar-refractivity contribution in [1.29, 1.82) is 0 Å². The summed E-state index contributed by atoms with van der Waals surface area (Å²) in [5.41, 5.74) is 5.69. The van der Waals surface area contributed by atoms with E-state index in [0.29, 0.717) is 0 Å². The minimum Gasteiger partial charge on any atom is -0.336 e. The number of aromatic nitrogens is 3. The minimum absolute atomic E-state index is 0.114. The van der Waals surface area contributed by atoms with E-state index in [1.807, 2.05) is 30.3 Å². The molecule has 1 saturated heterocycles. The van der Waals surface area contributed by atoms with Gasteiger partial charge in [0.2, 0.25) is 0 Å². The van der Waals surface area contributed by atoms with Crippen LogP contribution in [0.5, 0.6) is 0 Å². The second kappa shape index (κ2) is 6.80. The number of hydrogen-bond acceptors (Lipinski definition) is 3. The van der Waals surface area contributed by atoms with Gasteiger partial charge in [-0.1, -0.05) is 12.1 Å². The van der Waals surface area contributed by atoms with E-state index in [9.17, 15) is 4.79 Å². The van der Waals surface area contributed by atoms with Crippen molar-refractivity contribution in [3.8, 4) is 11.3 Å². The van der Waals surface area contributed by atoms with Gasteiger partial charge in [-0.2, -0.15) is 5.10 Å². The van der Waals surface area contributed by atoms with Crippen molar-refractivity contribution in [2.75, 3.05) is 6.54 Å². The molecule has 5 heteroatoms. The molecule has 0 bridgehead atoms. The molecular formula is C22H26N4O. The number of hydrogen-bond donors (Lipinski definition) is 0. The van der Waals surface area contributed by atoms with Crippen LogP contribution in [0.4, 0.5) is 0 Å². The summed E-state index contributed by atoms with van der Waals surface area (Å²) in [7, 11) is 1.89. The van der Waals surface area contributed by atoms with Crippen molar-refractivity contribution in [2.45, 2.75) is 46.1 Å². The second-order valence-electron chi connectivity index (χ2n) is 7.70. The summed E-state index contributed by atoms with van der Waals surface area (Å²) in [6.45, 7) is 7.14. The van der Waals surface area contributed by atoms with Gasteiger partial charge in [0, 0.05) is 36.8 Å². The van der Waals surface area contributed by atoms with Crippen LogP contribution in [-0.2, 0) is 7.05 Å². The predicted octanol–water partition coefficient (Wildman–Crippen LogP) is 4.27. The van der Waals surface area contributed by atoms with Gasteiger partial charge in [-0.15, -0.1) is 0 Å². The van der Waals surface area contributed by atoms with Crippen molar-refractivity contribution in [1.82, 2.24) is 19.7 Å². The molecule has 0 radical (unpaired) electrons. The molecule has 3 heterocycles. The fourth-order valence-electron chi connectivity index (χ4n) is 3.96. The van der Waals surface area contributed by atoms with Gasteiger partial charge in [-0.25, -0.2) is 4.98 Å². The SMILES string of the molecule is Cc1ccc2c(C(=O)N3CCCC[C@H]3C)cc(-c3cnn(C)c3)nc2c1C. The lowest BCUT2D eigenvalue weighted by molar-refractivity contribution is 0.0637. The Balaban J connectivity index is 1.92. The number of fused-ring (bicyclic) bond motifs is 1. The maximum Gasteiger partial charge on any atom is 0.254 e. The highest BCUT2D eigenvalue weighted by Crippen LogP contribution is 2.30. The first-order valence-corrected chi connectivity index (χ1v) is 9.66. The summed E-state index contributed by atoms with van der Waals surface area (Å²) in [5, 5.41) is 5.21. The maximum absolute atomic E-state index is 13.5. The Morgan fingerprint density at radius 2 is 2.04 bits per heavy atom. The lowest BCUT2D eigenvalue weighted by Gasteiger charge is -2.33. The van der Waals surface area contributed by atoms with E-state index < -0.39 is 0 Å². The Kier molecular flexibility index (Phi) is 4.46. The van der Waals surface area contributed by atoms with Crippen LogP contribution in [0.2, 0.25) is 0 Å². The number of carbonyl (C=O) groups is 1. The molecule has 1 aliphatic rings. The Bertz CT molecular complexity index is 1020. The van der Waals surface area contributed by atoms with Gasteiger partial charge in [0.25, 0.3) is 5.91 Å². The summed E-state index contributed by atoms with van der Waals surface area (Å²) < 4.78 is 1.76. The Morgan fingerprint density at radius 1 is 1.22 bits per heavy atom. The number of carbonyl (C=O) groups excluding carboxylic acids is 1. The molecular weight excluding hydrogens is 336 g/mol. The molecule has 1 aliphatic heterocycles. The van der Waals surface area contributed by atoms with E-state index in [0.717, 1.165) is 52.7 Å². The molecule has 0 spiro atoms. The molecule has 3 aromatic rings. The summed E-state index contributed by atoms with van der Waals surface area (Å²) in [4.78, 5) is 20.4. The first-order valence-electron chi connectivity index (χ1n) is 9.66. The van der Waals surface area contributed by atoms with Gasteiger partial charge >= 0.3 is 0 Å². The van der Waals surface area contributed by atoms with E-state index in [1.165, 1.54) is 12.0 Å². The standard InChI is InChI=1S/C22H26N4O/c1-14-8-9-18-19(22(27)26-10-6-5-7-15(26)2)11-20(24-21(18)16(14)3)17-12-23-25(4)13-17/h8-9,11-13,15H,5-7,10H2,1-4H3/t15-/m1/s1. The zero-order valence-electron chi connectivity index (χ0n) is 16.5. The molecule has 1 atom stereocenters. The van der Waals surface area contributed by atoms with Crippen molar-refractivity contribution >= 4 is 16.8 Å². The summed E-state index contributed by atoms with van der Waals surface area (Å²) in [6.07, 6.45) is 7.09. The Hall–Kier alpha value is -2.69. The highest BCUT2D eigenvalue weighted by atomic mass is 16.2. The van der Waals surface area contributed by atoms with Crippen molar-refractivity contribution in [2.24, 2.45) is 7.05 Å². The van der Waals surface area contributed by atoms with Gasteiger partial charge in [0.1, 0.15) is 0 Å². The Morgan fingerprint density at radius 3 is 2.74 bits per heavy atom. The van der Waals surface area contributed by atoms with Crippen LogP contribution in [0.15, 0.2) is 30.6 Å². The van der Waals surface area contributed by atoms with E-state index in [4.69, 9.17) is 4.98 Å². The number of nitrogens with zero attached hydrogens (tertiary/aromatic N) is 4. The van der Waals surface area contributed by atoms with Crippen molar-refractivity contribution < 1.29 is 4.79 Å². The molecule has 2 aromatic heterocycles. The van der Waals surface area contributed by atoms with E-state index >= 15 is 0 Å². The number of pyridine rings is 1. The average molecular weight is 362 g/mol. The Labute approximate surface area is 160 Å². The molecule has 1 fully saturated rings. The number of rotatable bonds is 2. The van der Waals surface area contributed by atoms with E-state index in [-0.39, 0.29) is 11.9 Å². The first-order chi connectivity index (χ1) is 13.0. The monoisotopic (exact) mass is 362 g/mol. The molecule has 1 aromatic carbocycles. The fourth-order valence-corrected chi connectivity index (χ4v) is 3.96. The van der Waals surface area contributed by atoms with Crippen LogP contribution < -0.4 is 0 Å². The summed E-state index contributed by atoms with van der Waals surface area (Å²) in [5.74, 6) is 0.114. The first kappa shape index (κ1) is 17.7. The highest BCUT2D eigenvalue weighted by Gasteiger charge is 2.26. The van der Waals surface area contributed by atoms with Crippen LogP contribution in [0, 0.1) is 13.8 Å². The number of aryl methyl sites for hydroxylation is 3. The predicted molar refractivity (Wildman–Crippen MR) is 108 cm³/mol. The zero-order chi connectivity index (χ0) is 19.1. The third kappa shape index (κ3) is 3.11. The van der Waals surface area contributed by atoms with E-state index in [2.05, 4.69) is 31.9 Å². The number of likely N-dealkylation sites (tertiary alicyclic amines) is 1. The second-order valence-corrected chi connectivity index (χ2v) is 7.70. The van der Waals surface area contributed by atoms with Gasteiger partial charge in [-0.3, -0.25) is 9.48 Å². The van der Waals surface area contributed by atoms with Crippen LogP contribution in [-0.4, -0.2) is 38.2 Å². The van der Waals surface area contributed by atoms with Crippen LogP contribution in [0.25, 0.3) is 22.2 Å². The molecule has 0 unspecified atom stereocenters. The summed E-state index contributed by atoms with van der Waals surface area (Å²) in [6, 6.07) is 6.35. The molecule has 0 saturated carbocycles. The van der Waals surface area contributed by atoms with Gasteiger partial charge < -0.3 is 4.90 Å². The van der Waals surface area contributed by atoms with Crippen molar-refractivity contribution in [3.63, 3.8) is 0 Å². The minimum atomic E-state index is 0.114. The van der Waals surface area contributed by atoms with Gasteiger partial charge in [0.05, 0.1) is 23.0 Å². The molecule has 4 rings (SSSR count). The number of amides is 1. The lowest BCUT2D eigenvalue weighted by atomic mass is 9.97. The highest BCUT2D eigenvalue weighted by molar-refractivity contribution is 6.08. The fraction of sp³-hybridized carbons (Fsp3) is 0.409. The number of piperidine rings is 1. The van der Waals surface area contributed by atoms with Gasteiger partial charge in [0.15, 0.2) is 0 Å².